The van der Waals surface area contributed by atoms with Gasteiger partial charge in [0.25, 0.3) is 5.91 Å². The van der Waals surface area contributed by atoms with Crippen LogP contribution in [-0.2, 0) is 0 Å². The lowest BCUT2D eigenvalue weighted by Crippen LogP contribution is -2.22. The number of nitrogens with one attached hydrogen (secondary N) is 2. The Hall–Kier alpha value is -2.50. The Morgan fingerprint density at radius 3 is 2.52 bits per heavy atom. The van der Waals surface area contributed by atoms with Crippen molar-refractivity contribution in [3.05, 3.63) is 63.6 Å². The number of fused-ring (bicyclic) bond motifs is 1. The molecule has 0 aliphatic carbocycles. The lowest BCUT2D eigenvalue weighted by molar-refractivity contribution is 0.102. The van der Waals surface area contributed by atoms with E-state index in [1.165, 1.54) is 0 Å². The number of anilines is 2. The van der Waals surface area contributed by atoms with Crippen LogP contribution in [0.5, 0.6) is 0 Å². The number of rotatable bonds is 5. The topological polar surface area (TPSA) is 69.3 Å². The van der Waals surface area contributed by atoms with E-state index in [4.69, 9.17) is 33.0 Å². The number of carbonyl (C=O) groups is 1. The van der Waals surface area contributed by atoms with Crippen molar-refractivity contribution in [3.63, 3.8) is 0 Å². The molecule has 1 heterocycles. The zero-order valence-corrected chi connectivity index (χ0v) is 16.5. The van der Waals surface area contributed by atoms with Crippen LogP contribution in [0.4, 0.5) is 11.4 Å². The maximum atomic E-state index is 12.6. The van der Waals surface area contributed by atoms with Gasteiger partial charge in [-0.15, -0.1) is 0 Å². The van der Waals surface area contributed by atoms with Crippen LogP contribution in [0.2, 0.25) is 10.0 Å². The van der Waals surface area contributed by atoms with Crippen molar-refractivity contribution in [2.75, 3.05) is 23.3 Å². The third-order valence-corrected chi connectivity index (χ3v) is 4.85. The van der Waals surface area contributed by atoms with Crippen molar-refractivity contribution >= 4 is 51.5 Å². The van der Waals surface area contributed by atoms with Gasteiger partial charge in [-0.1, -0.05) is 23.2 Å². The van der Waals surface area contributed by atoms with Crippen molar-refractivity contribution in [2.45, 2.75) is 13.8 Å². The zero-order chi connectivity index (χ0) is 19.6. The minimum Gasteiger partial charge on any atom is -0.438 e. The first-order chi connectivity index (χ1) is 12.9. The molecule has 3 rings (SSSR count). The minimum atomic E-state index is -0.470. The van der Waals surface area contributed by atoms with Crippen molar-refractivity contribution in [2.24, 2.45) is 0 Å². The normalized spacial score (nSPS) is 10.8. The quantitative estimate of drug-likeness (QED) is 0.605. The molecular weight excluding hydrogens is 385 g/mol. The fourth-order valence-corrected chi connectivity index (χ4v) is 3.31. The van der Waals surface area contributed by atoms with Gasteiger partial charge in [0.2, 0.25) is 5.55 Å². The van der Waals surface area contributed by atoms with E-state index >= 15 is 0 Å². The minimum absolute atomic E-state index is 0.129. The fourth-order valence-electron chi connectivity index (χ4n) is 2.85. The molecule has 1 amide bonds. The predicted octanol–water partition coefficient (Wildman–Crippen LogP) is 5.32. The van der Waals surface area contributed by atoms with E-state index in [1.54, 1.807) is 24.3 Å². The van der Waals surface area contributed by atoms with Crippen LogP contribution in [-0.4, -0.2) is 19.0 Å². The number of halogens is 2. The summed E-state index contributed by atoms with van der Waals surface area (Å²) in [5, 5.41) is 12.3. The van der Waals surface area contributed by atoms with Gasteiger partial charge in [0.15, 0.2) is 0 Å². The van der Waals surface area contributed by atoms with Gasteiger partial charge in [-0.2, -0.15) is 0 Å². The second-order valence-electron chi connectivity index (χ2n) is 5.96. The van der Waals surface area contributed by atoms with Crippen LogP contribution in [0, 0.1) is 5.41 Å². The number of amides is 1. The van der Waals surface area contributed by atoms with Gasteiger partial charge in [-0.25, -0.2) is 0 Å². The summed E-state index contributed by atoms with van der Waals surface area (Å²) >= 11 is 12.0. The van der Waals surface area contributed by atoms with Crippen molar-refractivity contribution in [1.82, 2.24) is 0 Å². The van der Waals surface area contributed by atoms with E-state index in [9.17, 15) is 4.79 Å². The Kier molecular flexibility index (Phi) is 5.73. The van der Waals surface area contributed by atoms with E-state index in [-0.39, 0.29) is 11.1 Å². The van der Waals surface area contributed by atoms with Gasteiger partial charge in [-0.05, 0) is 50.2 Å². The Bertz CT molecular complexity index is 1060. The zero-order valence-electron chi connectivity index (χ0n) is 15.0. The molecule has 0 aliphatic heterocycles. The molecule has 0 saturated heterocycles. The second-order valence-corrected chi connectivity index (χ2v) is 6.81. The molecule has 2 aromatic carbocycles. The van der Waals surface area contributed by atoms with E-state index in [0.717, 1.165) is 24.2 Å². The van der Waals surface area contributed by atoms with E-state index in [2.05, 4.69) is 24.1 Å². The maximum Gasteiger partial charge on any atom is 0.261 e. The molecule has 140 valence electrons. The standard InChI is InChI=1S/C20H19Cl2N3O2/c1-3-25(4-2)14-7-5-12-9-15(19(23)27-18(12)11-14)20(26)24-17-8-6-13(21)10-16(17)22/h5-11,23H,3-4H2,1-2H3,(H,24,26). The van der Waals surface area contributed by atoms with Crippen LogP contribution in [0.1, 0.15) is 24.2 Å². The number of hydrogen-bond donors (Lipinski definition) is 2. The van der Waals surface area contributed by atoms with Gasteiger partial charge in [0.05, 0.1) is 10.7 Å². The van der Waals surface area contributed by atoms with Crippen molar-refractivity contribution < 1.29 is 9.21 Å². The highest BCUT2D eigenvalue weighted by Crippen LogP contribution is 2.26. The predicted molar refractivity (Wildman–Crippen MR) is 110 cm³/mol. The Balaban J connectivity index is 1.95. The molecule has 27 heavy (non-hydrogen) atoms. The number of benzene rings is 2. The average molecular weight is 404 g/mol. The molecular formula is C20H19Cl2N3O2. The van der Waals surface area contributed by atoms with E-state index in [1.807, 2.05) is 18.2 Å². The Morgan fingerprint density at radius 1 is 1.11 bits per heavy atom. The highest BCUT2D eigenvalue weighted by molar-refractivity contribution is 6.36. The third-order valence-electron chi connectivity index (χ3n) is 4.31. The highest BCUT2D eigenvalue weighted by atomic mass is 35.5. The van der Waals surface area contributed by atoms with Crippen LogP contribution >= 0.6 is 23.2 Å². The lowest BCUT2D eigenvalue weighted by atomic mass is 10.1. The fraction of sp³-hybridized carbons (Fsp3) is 0.200. The molecule has 0 aliphatic rings. The largest absolute Gasteiger partial charge is 0.438 e. The van der Waals surface area contributed by atoms with Gasteiger partial charge in [-0.3, -0.25) is 10.2 Å². The summed E-state index contributed by atoms with van der Waals surface area (Å²) < 4.78 is 5.61. The molecule has 5 nitrogen and oxygen atoms in total. The monoisotopic (exact) mass is 403 g/mol. The summed E-state index contributed by atoms with van der Waals surface area (Å²) in [6.45, 7) is 5.91. The van der Waals surface area contributed by atoms with Gasteiger partial charge < -0.3 is 14.6 Å². The van der Waals surface area contributed by atoms with Crippen LogP contribution < -0.4 is 15.8 Å². The molecule has 7 heteroatoms. The molecule has 0 unspecified atom stereocenters. The maximum absolute atomic E-state index is 12.6. The number of nitrogens with zero attached hydrogens (tertiary/aromatic N) is 1. The molecule has 0 fully saturated rings. The summed E-state index contributed by atoms with van der Waals surface area (Å²) in [6.07, 6.45) is 0. The van der Waals surface area contributed by atoms with Crippen LogP contribution in [0.15, 0.2) is 46.9 Å². The Morgan fingerprint density at radius 2 is 1.85 bits per heavy atom. The van der Waals surface area contributed by atoms with Crippen LogP contribution in [0.25, 0.3) is 11.0 Å². The summed E-state index contributed by atoms with van der Waals surface area (Å²) in [4.78, 5) is 14.8. The van der Waals surface area contributed by atoms with Crippen molar-refractivity contribution in [3.8, 4) is 0 Å². The number of hydrogen-bond acceptors (Lipinski definition) is 4. The molecule has 0 radical (unpaired) electrons. The first-order valence-corrected chi connectivity index (χ1v) is 9.32. The summed E-state index contributed by atoms with van der Waals surface area (Å²) in [5.41, 5.74) is 1.92. The third kappa shape index (κ3) is 4.10. The molecule has 0 saturated carbocycles. The molecule has 2 N–H and O–H groups in total. The van der Waals surface area contributed by atoms with Gasteiger partial charge in [0, 0.05) is 35.3 Å². The number of carbonyl (C=O) groups excluding carboxylic acids is 1. The molecule has 3 aromatic rings. The van der Waals surface area contributed by atoms with E-state index < -0.39 is 5.91 Å². The Labute approximate surface area is 167 Å². The van der Waals surface area contributed by atoms with E-state index in [0.29, 0.717) is 21.3 Å². The summed E-state index contributed by atoms with van der Waals surface area (Å²) in [5.74, 6) is -0.470. The molecule has 0 spiro atoms. The van der Waals surface area contributed by atoms with Crippen molar-refractivity contribution in [1.29, 1.82) is 5.41 Å². The molecule has 1 aromatic heterocycles. The molecule has 0 bridgehead atoms. The van der Waals surface area contributed by atoms with Crippen LogP contribution in [0.3, 0.4) is 0 Å². The SMILES string of the molecule is CCN(CC)c1ccc2cc(C(=O)Nc3ccc(Cl)cc3Cl)c(=N)oc2c1. The highest BCUT2D eigenvalue weighted by Gasteiger charge is 2.14. The average Bonchev–Trinajstić information content (AvgIpc) is 2.64. The summed E-state index contributed by atoms with van der Waals surface area (Å²) in [6, 6.07) is 12.2. The first kappa shape index (κ1) is 19.3. The first-order valence-electron chi connectivity index (χ1n) is 8.56. The second kappa shape index (κ2) is 8.03. The lowest BCUT2D eigenvalue weighted by Gasteiger charge is -2.21. The van der Waals surface area contributed by atoms with Gasteiger partial charge >= 0.3 is 0 Å². The summed E-state index contributed by atoms with van der Waals surface area (Å²) in [7, 11) is 0. The van der Waals surface area contributed by atoms with Gasteiger partial charge in [0.1, 0.15) is 11.1 Å². The molecule has 0 atom stereocenters. The smallest absolute Gasteiger partial charge is 0.261 e.